The van der Waals surface area contributed by atoms with Crippen molar-refractivity contribution in [3.05, 3.63) is 23.5 Å². The number of nitrogen functional groups attached to an aromatic ring is 1. The fourth-order valence-electron chi connectivity index (χ4n) is 1.72. The summed E-state index contributed by atoms with van der Waals surface area (Å²) in [5.41, 5.74) is 5.43. The van der Waals surface area contributed by atoms with Gasteiger partial charge < -0.3 is 10.5 Å². The number of aryl methyl sites for hydroxylation is 1. The first kappa shape index (κ1) is 17.4. The maximum Gasteiger partial charge on any atom is 0.307 e. The van der Waals surface area contributed by atoms with Crippen molar-refractivity contribution in [3.63, 3.8) is 0 Å². The van der Waals surface area contributed by atoms with E-state index in [2.05, 4.69) is 0 Å². The first-order valence-corrected chi connectivity index (χ1v) is 7.81. The van der Waals surface area contributed by atoms with Gasteiger partial charge in [-0.25, -0.2) is 17.1 Å². The molecule has 6 nitrogen and oxygen atoms in total. The van der Waals surface area contributed by atoms with Crippen LogP contribution in [0.25, 0.3) is 0 Å². The summed E-state index contributed by atoms with van der Waals surface area (Å²) in [7, 11) is -2.50. The molecule has 0 aliphatic heterocycles. The molecule has 0 spiro atoms. The van der Waals surface area contributed by atoms with Crippen LogP contribution < -0.4 is 5.73 Å². The molecule has 1 aromatic carbocycles. The fourth-order valence-corrected chi connectivity index (χ4v) is 3.13. The second-order valence-electron chi connectivity index (χ2n) is 4.52. The Morgan fingerprint density at radius 3 is 2.62 bits per heavy atom. The van der Waals surface area contributed by atoms with Crippen molar-refractivity contribution in [3.8, 4) is 0 Å². The number of esters is 1. The average Bonchev–Trinajstić information content (AvgIpc) is 2.40. The number of carbonyl (C=O) groups is 1. The molecule has 0 radical (unpaired) electrons. The molecule has 118 valence electrons. The van der Waals surface area contributed by atoms with E-state index in [1.807, 2.05) is 0 Å². The maximum absolute atomic E-state index is 13.3. The number of hydrogen-bond acceptors (Lipinski definition) is 5. The smallest absolute Gasteiger partial charge is 0.307 e. The first-order chi connectivity index (χ1) is 9.70. The molecule has 0 aliphatic rings. The van der Waals surface area contributed by atoms with Gasteiger partial charge in [0.25, 0.3) is 0 Å². The number of sulfonamides is 1. The molecule has 1 rings (SSSR count). The molecule has 0 fully saturated rings. The van der Waals surface area contributed by atoms with E-state index in [0.29, 0.717) is 0 Å². The third kappa shape index (κ3) is 4.15. The van der Waals surface area contributed by atoms with Crippen molar-refractivity contribution >= 4 is 21.7 Å². The van der Waals surface area contributed by atoms with Gasteiger partial charge in [0.15, 0.2) is 0 Å². The quantitative estimate of drug-likeness (QED) is 0.630. The number of anilines is 1. The Kier molecular flexibility index (Phi) is 5.68. The largest absolute Gasteiger partial charge is 0.466 e. The Morgan fingerprint density at radius 1 is 1.43 bits per heavy atom. The Labute approximate surface area is 123 Å². The highest BCUT2D eigenvalue weighted by atomic mass is 32.2. The van der Waals surface area contributed by atoms with Gasteiger partial charge in [0, 0.05) is 13.6 Å². The van der Waals surface area contributed by atoms with Crippen molar-refractivity contribution in [1.29, 1.82) is 0 Å². The predicted molar refractivity (Wildman–Crippen MR) is 76.6 cm³/mol. The molecule has 0 saturated heterocycles. The lowest BCUT2D eigenvalue weighted by atomic mass is 10.2. The van der Waals surface area contributed by atoms with Crippen LogP contribution in [0.3, 0.4) is 0 Å². The number of carbonyl (C=O) groups excluding carboxylic acids is 1. The Bertz CT molecular complexity index is 631. The van der Waals surface area contributed by atoms with E-state index in [1.54, 1.807) is 6.92 Å². The highest BCUT2D eigenvalue weighted by molar-refractivity contribution is 7.89. The van der Waals surface area contributed by atoms with Gasteiger partial charge in [0.2, 0.25) is 10.0 Å². The van der Waals surface area contributed by atoms with E-state index >= 15 is 0 Å². The minimum Gasteiger partial charge on any atom is -0.466 e. The molecule has 21 heavy (non-hydrogen) atoms. The normalized spacial score (nSPS) is 11.7. The van der Waals surface area contributed by atoms with Gasteiger partial charge in [-0.3, -0.25) is 4.79 Å². The molecule has 1 aromatic rings. The SMILES string of the molecule is CCOC(=O)CCN(C)S(=O)(=O)c1cc(N)c(F)cc1C. The van der Waals surface area contributed by atoms with Gasteiger partial charge in [0.05, 0.1) is 23.6 Å². The van der Waals surface area contributed by atoms with E-state index in [0.717, 1.165) is 16.4 Å². The van der Waals surface area contributed by atoms with Crippen molar-refractivity contribution in [2.75, 3.05) is 25.9 Å². The van der Waals surface area contributed by atoms with Crippen LogP contribution in [-0.2, 0) is 19.6 Å². The zero-order chi connectivity index (χ0) is 16.2. The highest BCUT2D eigenvalue weighted by Gasteiger charge is 2.24. The van der Waals surface area contributed by atoms with Crippen molar-refractivity contribution in [2.45, 2.75) is 25.2 Å². The Balaban J connectivity index is 2.95. The zero-order valence-corrected chi connectivity index (χ0v) is 13.0. The molecular weight excluding hydrogens is 299 g/mol. The molecule has 0 aliphatic carbocycles. The Morgan fingerprint density at radius 2 is 2.05 bits per heavy atom. The van der Waals surface area contributed by atoms with Crippen molar-refractivity contribution in [2.24, 2.45) is 0 Å². The topological polar surface area (TPSA) is 89.7 Å². The van der Waals surface area contributed by atoms with Gasteiger partial charge in [0.1, 0.15) is 5.82 Å². The van der Waals surface area contributed by atoms with Gasteiger partial charge in [-0.1, -0.05) is 0 Å². The van der Waals surface area contributed by atoms with Crippen molar-refractivity contribution in [1.82, 2.24) is 4.31 Å². The highest BCUT2D eigenvalue weighted by Crippen LogP contribution is 2.24. The predicted octanol–water partition coefficient (Wildman–Crippen LogP) is 1.29. The van der Waals surface area contributed by atoms with Crippen LogP contribution in [0.4, 0.5) is 10.1 Å². The molecule has 0 unspecified atom stereocenters. The van der Waals surface area contributed by atoms with Gasteiger partial charge in [-0.05, 0) is 31.5 Å². The number of nitrogens with two attached hydrogens (primary N) is 1. The third-order valence-electron chi connectivity index (χ3n) is 2.92. The number of ether oxygens (including phenoxy) is 1. The minimum atomic E-state index is -3.84. The number of rotatable bonds is 6. The minimum absolute atomic E-state index is 0.0299. The lowest BCUT2D eigenvalue weighted by molar-refractivity contribution is -0.143. The standard InChI is InChI=1S/C13H19FN2O4S/c1-4-20-13(17)5-6-16(3)21(18,19)12-8-11(15)10(14)7-9(12)2/h7-8H,4-6,15H2,1-3H3. The lowest BCUT2D eigenvalue weighted by Crippen LogP contribution is -2.30. The van der Waals surface area contributed by atoms with E-state index in [1.165, 1.54) is 14.0 Å². The summed E-state index contributed by atoms with van der Waals surface area (Å²) in [6.07, 6.45) is -0.0563. The van der Waals surface area contributed by atoms with Gasteiger partial charge in [-0.2, -0.15) is 0 Å². The summed E-state index contributed by atoms with van der Waals surface area (Å²) < 4.78 is 43.8. The molecule has 0 saturated carbocycles. The number of nitrogens with zero attached hydrogens (tertiary/aromatic N) is 1. The number of hydrogen-bond donors (Lipinski definition) is 1. The molecule has 0 heterocycles. The average molecular weight is 318 g/mol. The van der Waals surface area contributed by atoms with Crippen LogP contribution in [0.2, 0.25) is 0 Å². The third-order valence-corrected chi connectivity index (χ3v) is 4.92. The van der Waals surface area contributed by atoms with Crippen LogP contribution in [0, 0.1) is 12.7 Å². The Hall–Kier alpha value is -1.67. The maximum atomic E-state index is 13.3. The molecule has 2 N–H and O–H groups in total. The van der Waals surface area contributed by atoms with E-state index in [-0.39, 0.29) is 35.7 Å². The summed E-state index contributed by atoms with van der Waals surface area (Å²) in [4.78, 5) is 11.2. The molecule has 0 bridgehead atoms. The van der Waals surface area contributed by atoms with Crippen LogP contribution in [0.5, 0.6) is 0 Å². The summed E-state index contributed by atoms with van der Waals surface area (Å²) in [6, 6.07) is 2.16. The van der Waals surface area contributed by atoms with E-state index < -0.39 is 21.8 Å². The van der Waals surface area contributed by atoms with Crippen LogP contribution >= 0.6 is 0 Å². The lowest BCUT2D eigenvalue weighted by Gasteiger charge is -2.18. The fraction of sp³-hybridized carbons (Fsp3) is 0.462. The van der Waals surface area contributed by atoms with Crippen molar-refractivity contribution < 1.29 is 22.3 Å². The van der Waals surface area contributed by atoms with E-state index in [4.69, 9.17) is 10.5 Å². The molecule has 0 aromatic heterocycles. The molecule has 0 amide bonds. The molecular formula is C13H19FN2O4S. The van der Waals surface area contributed by atoms with Gasteiger partial charge >= 0.3 is 5.97 Å². The number of benzene rings is 1. The zero-order valence-electron chi connectivity index (χ0n) is 12.2. The van der Waals surface area contributed by atoms with Gasteiger partial charge in [-0.15, -0.1) is 0 Å². The second kappa shape index (κ2) is 6.86. The first-order valence-electron chi connectivity index (χ1n) is 6.37. The monoisotopic (exact) mass is 318 g/mol. The van der Waals surface area contributed by atoms with Crippen LogP contribution in [0.1, 0.15) is 18.9 Å². The summed E-state index contributed by atoms with van der Waals surface area (Å²) >= 11 is 0. The van der Waals surface area contributed by atoms with Crippen LogP contribution in [-0.4, -0.2) is 38.9 Å². The van der Waals surface area contributed by atoms with E-state index in [9.17, 15) is 17.6 Å². The second-order valence-corrected chi connectivity index (χ2v) is 6.53. The summed E-state index contributed by atoms with van der Waals surface area (Å²) in [5, 5.41) is 0. The molecule has 0 atom stereocenters. The summed E-state index contributed by atoms with van der Waals surface area (Å²) in [5.74, 6) is -1.14. The van der Waals surface area contributed by atoms with Crippen LogP contribution in [0.15, 0.2) is 17.0 Å². The summed E-state index contributed by atoms with van der Waals surface area (Å²) in [6.45, 7) is 3.36. The number of halogens is 1. The molecule has 8 heteroatoms.